The maximum Gasteiger partial charge on any atom is 0.213 e. The third kappa shape index (κ3) is 3.57. The molecule has 1 aromatic rings. The maximum atomic E-state index is 11.2. The second-order valence-corrected chi connectivity index (χ2v) is 2.75. The third-order valence-electron chi connectivity index (χ3n) is 1.65. The Bertz CT molecular complexity index is 283. The molecule has 0 saturated heterocycles. The molecule has 13 heavy (non-hydrogen) atoms. The SMILES string of the molecule is [CH2-]N(C)C(=O)Cn1cncc1C.[Y]. The molecular formula is C8H12N3OY-. The number of nitrogens with zero attached hydrogens (tertiary/aromatic N) is 3. The fourth-order valence-corrected chi connectivity index (χ4v) is 0.819. The number of imidazole rings is 1. The molecule has 0 N–H and O–H groups in total. The molecule has 0 aliphatic heterocycles. The summed E-state index contributed by atoms with van der Waals surface area (Å²) in [6.07, 6.45) is 3.35. The first kappa shape index (κ1) is 12.8. The van der Waals surface area contributed by atoms with E-state index in [1.54, 1.807) is 24.1 Å². The van der Waals surface area contributed by atoms with Gasteiger partial charge < -0.3 is 9.47 Å². The van der Waals surface area contributed by atoms with Crippen molar-refractivity contribution in [2.24, 2.45) is 0 Å². The number of hydrogen-bond acceptors (Lipinski definition) is 2. The van der Waals surface area contributed by atoms with Crippen molar-refractivity contribution in [3.8, 4) is 0 Å². The zero-order chi connectivity index (χ0) is 9.14. The van der Waals surface area contributed by atoms with Crippen LogP contribution in [0.2, 0.25) is 0 Å². The van der Waals surface area contributed by atoms with Gasteiger partial charge in [-0.2, -0.15) is 0 Å². The molecule has 4 nitrogen and oxygen atoms in total. The van der Waals surface area contributed by atoms with E-state index in [-0.39, 0.29) is 38.6 Å². The minimum atomic E-state index is -0.0314. The van der Waals surface area contributed by atoms with Crippen LogP contribution in [0.3, 0.4) is 0 Å². The van der Waals surface area contributed by atoms with Crippen molar-refractivity contribution in [1.82, 2.24) is 14.5 Å². The van der Waals surface area contributed by atoms with Crippen molar-refractivity contribution in [2.75, 3.05) is 7.05 Å². The van der Waals surface area contributed by atoms with E-state index in [4.69, 9.17) is 0 Å². The molecule has 1 aromatic heterocycles. The molecule has 0 bridgehead atoms. The Labute approximate surface area is 103 Å². The number of aryl methyl sites for hydroxylation is 1. The molecule has 0 aromatic carbocycles. The van der Waals surface area contributed by atoms with Gasteiger partial charge in [0.1, 0.15) is 6.54 Å². The van der Waals surface area contributed by atoms with Gasteiger partial charge in [0.05, 0.1) is 6.33 Å². The summed E-state index contributed by atoms with van der Waals surface area (Å²) in [5, 5.41) is 0. The molecule has 0 saturated carbocycles. The quantitative estimate of drug-likeness (QED) is 0.719. The Balaban J connectivity index is 0.00000144. The summed E-state index contributed by atoms with van der Waals surface area (Å²) in [6, 6.07) is 0. The fourth-order valence-electron chi connectivity index (χ4n) is 0.819. The van der Waals surface area contributed by atoms with Gasteiger partial charge >= 0.3 is 0 Å². The number of aromatic nitrogens is 2. The first-order chi connectivity index (χ1) is 5.61. The van der Waals surface area contributed by atoms with Crippen molar-refractivity contribution in [3.63, 3.8) is 0 Å². The zero-order valence-corrected chi connectivity index (χ0v) is 10.7. The summed E-state index contributed by atoms with van der Waals surface area (Å²) in [5.41, 5.74) is 0.977. The molecule has 69 valence electrons. The number of amides is 1. The van der Waals surface area contributed by atoms with Gasteiger partial charge in [0, 0.05) is 44.6 Å². The molecular weight excluding hydrogens is 243 g/mol. The van der Waals surface area contributed by atoms with E-state index in [0.29, 0.717) is 6.54 Å². The fraction of sp³-hybridized carbons (Fsp3) is 0.375. The monoisotopic (exact) mass is 255 g/mol. The molecule has 1 heterocycles. The Morgan fingerprint density at radius 3 is 2.77 bits per heavy atom. The number of likely N-dealkylation sites (N-methyl/N-ethyl adjacent to an activating group) is 1. The first-order valence-corrected chi connectivity index (χ1v) is 3.65. The average Bonchev–Trinajstić information content (AvgIpc) is 2.36. The number of rotatable bonds is 2. The largest absolute Gasteiger partial charge is 0.497 e. The van der Waals surface area contributed by atoms with Crippen LogP contribution >= 0.6 is 0 Å². The maximum absolute atomic E-state index is 11.2. The minimum absolute atomic E-state index is 0. The summed E-state index contributed by atoms with van der Waals surface area (Å²) in [6.45, 7) is 2.22. The molecule has 0 aliphatic carbocycles. The van der Waals surface area contributed by atoms with Gasteiger partial charge in [-0.25, -0.2) is 4.98 Å². The van der Waals surface area contributed by atoms with Gasteiger partial charge in [-0.1, -0.05) is 0 Å². The van der Waals surface area contributed by atoms with Crippen molar-refractivity contribution in [2.45, 2.75) is 13.5 Å². The van der Waals surface area contributed by atoms with E-state index < -0.39 is 0 Å². The Morgan fingerprint density at radius 1 is 1.77 bits per heavy atom. The van der Waals surface area contributed by atoms with E-state index in [1.807, 2.05) is 6.92 Å². The van der Waals surface area contributed by atoms with Gasteiger partial charge in [0.15, 0.2) is 0 Å². The van der Waals surface area contributed by atoms with Gasteiger partial charge in [-0.05, 0) is 14.0 Å². The van der Waals surface area contributed by atoms with Gasteiger partial charge in [0.2, 0.25) is 5.91 Å². The first-order valence-electron chi connectivity index (χ1n) is 3.65. The molecule has 0 aliphatic rings. The predicted molar refractivity (Wildman–Crippen MR) is 45.1 cm³/mol. The third-order valence-corrected chi connectivity index (χ3v) is 1.65. The van der Waals surface area contributed by atoms with Crippen LogP contribution in [0.25, 0.3) is 0 Å². The van der Waals surface area contributed by atoms with Crippen molar-refractivity contribution >= 4 is 5.91 Å². The molecule has 0 unspecified atom stereocenters. The number of carbonyl (C=O) groups is 1. The van der Waals surface area contributed by atoms with Crippen LogP contribution in [0.4, 0.5) is 0 Å². The summed E-state index contributed by atoms with van der Waals surface area (Å²) in [4.78, 5) is 16.4. The van der Waals surface area contributed by atoms with Crippen LogP contribution in [0.15, 0.2) is 12.5 Å². The van der Waals surface area contributed by atoms with Gasteiger partial charge in [-0.3, -0.25) is 11.8 Å². The van der Waals surface area contributed by atoms with Crippen LogP contribution in [-0.4, -0.2) is 27.4 Å². The Hall–Kier alpha value is -0.216. The van der Waals surface area contributed by atoms with Crippen molar-refractivity contribution < 1.29 is 37.5 Å². The van der Waals surface area contributed by atoms with E-state index in [2.05, 4.69) is 12.0 Å². The summed E-state index contributed by atoms with van der Waals surface area (Å²) >= 11 is 0. The Kier molecular flexibility index (Phi) is 5.41. The average molecular weight is 255 g/mol. The smallest absolute Gasteiger partial charge is 0.213 e. The van der Waals surface area contributed by atoms with Crippen LogP contribution in [0.5, 0.6) is 0 Å². The van der Waals surface area contributed by atoms with Crippen LogP contribution in [0.1, 0.15) is 5.69 Å². The second-order valence-electron chi connectivity index (χ2n) is 2.75. The van der Waals surface area contributed by atoms with Gasteiger partial charge in [-0.15, -0.1) is 0 Å². The number of hydrogen-bond donors (Lipinski definition) is 0. The second kappa shape index (κ2) is 5.50. The molecule has 5 heteroatoms. The summed E-state index contributed by atoms with van der Waals surface area (Å²) in [7, 11) is 5.13. The van der Waals surface area contributed by atoms with Crippen molar-refractivity contribution in [1.29, 1.82) is 0 Å². The zero-order valence-electron chi connectivity index (χ0n) is 7.90. The van der Waals surface area contributed by atoms with Crippen LogP contribution in [-0.2, 0) is 44.0 Å². The van der Waals surface area contributed by atoms with E-state index >= 15 is 0 Å². The molecule has 0 fully saturated rings. The Morgan fingerprint density at radius 2 is 2.38 bits per heavy atom. The summed E-state index contributed by atoms with van der Waals surface area (Å²) in [5.74, 6) is -0.0314. The van der Waals surface area contributed by atoms with Crippen molar-refractivity contribution in [3.05, 3.63) is 25.3 Å². The normalized spacial score (nSPS) is 9.15. The van der Waals surface area contributed by atoms with Crippen LogP contribution < -0.4 is 0 Å². The molecule has 0 spiro atoms. The predicted octanol–water partition coefficient (Wildman–Crippen LogP) is 0.439. The topological polar surface area (TPSA) is 38.1 Å². The van der Waals surface area contributed by atoms with Crippen LogP contribution in [0, 0.1) is 14.0 Å². The molecule has 1 radical (unpaired) electrons. The minimum Gasteiger partial charge on any atom is -0.497 e. The summed E-state index contributed by atoms with van der Waals surface area (Å²) < 4.78 is 1.78. The standard InChI is InChI=1S/C8H12N3O.Y/c1-7-4-9-6-11(7)5-8(12)10(2)3;/h4,6H,2,5H2,1,3H3;/q-1;. The van der Waals surface area contributed by atoms with Gasteiger partial charge in [0.25, 0.3) is 0 Å². The molecule has 1 rings (SSSR count). The number of carbonyl (C=O) groups excluding carboxylic acids is 1. The van der Waals surface area contributed by atoms with E-state index in [9.17, 15) is 4.79 Å². The molecule has 0 atom stereocenters. The van der Waals surface area contributed by atoms with E-state index in [0.717, 1.165) is 5.69 Å². The van der Waals surface area contributed by atoms with E-state index in [1.165, 1.54) is 4.90 Å². The molecule has 1 amide bonds.